The molecule has 1 aliphatic rings. The van der Waals surface area contributed by atoms with E-state index in [1.807, 2.05) is 6.20 Å². The fourth-order valence-electron chi connectivity index (χ4n) is 1.97. The van der Waals surface area contributed by atoms with Gasteiger partial charge in [0.05, 0.1) is 18.0 Å². The third-order valence-corrected chi connectivity index (χ3v) is 3.32. The summed E-state index contributed by atoms with van der Waals surface area (Å²) in [4.78, 5) is 6.37. The van der Waals surface area contributed by atoms with E-state index in [9.17, 15) is 0 Å². The van der Waals surface area contributed by atoms with Gasteiger partial charge in [-0.2, -0.15) is 0 Å². The van der Waals surface area contributed by atoms with Crippen molar-refractivity contribution in [2.45, 2.75) is 25.4 Å². The molecule has 0 radical (unpaired) electrons. The number of aromatic nitrogens is 1. The van der Waals surface area contributed by atoms with Crippen molar-refractivity contribution in [2.24, 2.45) is 0 Å². The van der Waals surface area contributed by atoms with Gasteiger partial charge in [0.15, 0.2) is 0 Å². The van der Waals surface area contributed by atoms with Crippen LogP contribution in [0.15, 0.2) is 22.9 Å². The Kier molecular flexibility index (Phi) is 4.18. The van der Waals surface area contributed by atoms with E-state index in [0.29, 0.717) is 6.10 Å². The zero-order valence-electron chi connectivity index (χ0n) is 9.53. The molecule has 0 aliphatic carbocycles. The van der Waals surface area contributed by atoms with Gasteiger partial charge in [0.25, 0.3) is 0 Å². The second-order valence-electron chi connectivity index (χ2n) is 4.23. The van der Waals surface area contributed by atoms with Crippen molar-refractivity contribution in [1.82, 2.24) is 4.98 Å². The molecule has 0 bridgehead atoms. The number of halogens is 1. The third kappa shape index (κ3) is 3.19. The van der Waals surface area contributed by atoms with E-state index >= 15 is 0 Å². The van der Waals surface area contributed by atoms with E-state index in [2.05, 4.69) is 38.9 Å². The molecule has 1 atom stereocenters. The molecule has 1 aliphatic heterocycles. The predicted octanol–water partition coefficient (Wildman–Crippen LogP) is 2.85. The van der Waals surface area contributed by atoms with Crippen LogP contribution in [0.25, 0.3) is 0 Å². The van der Waals surface area contributed by atoms with Crippen molar-refractivity contribution < 1.29 is 4.74 Å². The van der Waals surface area contributed by atoms with Crippen LogP contribution in [0.5, 0.6) is 0 Å². The van der Waals surface area contributed by atoms with Crippen LogP contribution >= 0.6 is 15.9 Å². The molecule has 4 heteroatoms. The molecule has 1 aromatic heterocycles. The lowest BCUT2D eigenvalue weighted by Crippen LogP contribution is -2.33. The van der Waals surface area contributed by atoms with Crippen molar-refractivity contribution >= 4 is 21.6 Å². The van der Waals surface area contributed by atoms with Gasteiger partial charge in [0.2, 0.25) is 0 Å². The molecule has 3 nitrogen and oxygen atoms in total. The average Bonchev–Trinajstić information content (AvgIpc) is 2.30. The molecule has 2 rings (SSSR count). The lowest BCUT2D eigenvalue weighted by atomic mass is 10.1. The molecule has 1 aromatic rings. The second-order valence-corrected chi connectivity index (χ2v) is 5.15. The zero-order chi connectivity index (χ0) is 11.4. The maximum atomic E-state index is 5.73. The average molecular weight is 285 g/mol. The van der Waals surface area contributed by atoms with E-state index in [0.717, 1.165) is 23.3 Å². The third-order valence-electron chi connectivity index (χ3n) is 2.88. The van der Waals surface area contributed by atoms with Crippen LogP contribution in [0, 0.1) is 0 Å². The molecular weight excluding hydrogens is 268 g/mol. The maximum absolute atomic E-state index is 5.73. The SMILES string of the molecule is CN(CC1CCCCO1)c1cncc(Br)c1. The number of nitrogens with zero attached hydrogens (tertiary/aromatic N) is 2. The standard InChI is InChI=1S/C12H17BrN2O/c1-15(9-12-4-2-3-5-16-12)11-6-10(13)7-14-8-11/h6-8,12H,2-5,9H2,1H3. The van der Waals surface area contributed by atoms with Crippen molar-refractivity contribution in [3.05, 3.63) is 22.9 Å². The smallest absolute Gasteiger partial charge is 0.0749 e. The van der Waals surface area contributed by atoms with Gasteiger partial charge in [-0.3, -0.25) is 4.98 Å². The first kappa shape index (κ1) is 11.9. The molecule has 1 unspecified atom stereocenters. The fraction of sp³-hybridized carbons (Fsp3) is 0.583. The van der Waals surface area contributed by atoms with Crippen molar-refractivity contribution in [3.63, 3.8) is 0 Å². The lowest BCUT2D eigenvalue weighted by molar-refractivity contribution is 0.0216. The highest BCUT2D eigenvalue weighted by Gasteiger charge is 2.16. The summed E-state index contributed by atoms with van der Waals surface area (Å²) in [5.41, 5.74) is 1.13. The molecule has 2 heterocycles. The Balaban J connectivity index is 1.94. The van der Waals surface area contributed by atoms with Gasteiger partial charge in [-0.05, 0) is 41.3 Å². The highest BCUT2D eigenvalue weighted by molar-refractivity contribution is 9.10. The summed E-state index contributed by atoms with van der Waals surface area (Å²) in [5, 5.41) is 0. The quantitative estimate of drug-likeness (QED) is 0.854. The molecule has 1 saturated heterocycles. The summed E-state index contributed by atoms with van der Waals surface area (Å²) in [6, 6.07) is 2.08. The molecule has 0 amide bonds. The maximum Gasteiger partial charge on any atom is 0.0749 e. The number of hydrogen-bond acceptors (Lipinski definition) is 3. The highest BCUT2D eigenvalue weighted by Crippen LogP contribution is 2.20. The van der Waals surface area contributed by atoms with Crippen LogP contribution in [-0.4, -0.2) is 31.3 Å². The number of likely N-dealkylation sites (N-methyl/N-ethyl adjacent to an activating group) is 1. The van der Waals surface area contributed by atoms with Gasteiger partial charge in [-0.25, -0.2) is 0 Å². The van der Waals surface area contributed by atoms with Gasteiger partial charge >= 0.3 is 0 Å². The van der Waals surface area contributed by atoms with Crippen molar-refractivity contribution in [1.29, 1.82) is 0 Å². The Morgan fingerprint density at radius 3 is 3.06 bits per heavy atom. The Labute approximate surface area is 105 Å². The molecule has 0 aromatic carbocycles. The summed E-state index contributed by atoms with van der Waals surface area (Å²) < 4.78 is 6.74. The molecule has 0 saturated carbocycles. The lowest BCUT2D eigenvalue weighted by Gasteiger charge is -2.28. The Morgan fingerprint density at radius 2 is 2.38 bits per heavy atom. The van der Waals surface area contributed by atoms with Gasteiger partial charge in [0, 0.05) is 30.9 Å². The summed E-state index contributed by atoms with van der Waals surface area (Å²) >= 11 is 3.44. The Bertz CT molecular complexity index is 340. The summed E-state index contributed by atoms with van der Waals surface area (Å²) in [7, 11) is 2.08. The van der Waals surface area contributed by atoms with Gasteiger partial charge in [0.1, 0.15) is 0 Å². The minimum Gasteiger partial charge on any atom is -0.376 e. The monoisotopic (exact) mass is 284 g/mol. The molecular formula is C12H17BrN2O. The summed E-state index contributed by atoms with van der Waals surface area (Å²) in [6.07, 6.45) is 7.72. The Morgan fingerprint density at radius 1 is 1.50 bits per heavy atom. The molecule has 88 valence electrons. The number of hydrogen-bond donors (Lipinski definition) is 0. The number of pyridine rings is 1. The molecule has 16 heavy (non-hydrogen) atoms. The Hall–Kier alpha value is -0.610. The normalized spacial score (nSPS) is 20.8. The zero-order valence-corrected chi connectivity index (χ0v) is 11.1. The molecule has 0 spiro atoms. The van der Waals surface area contributed by atoms with Crippen molar-refractivity contribution in [3.8, 4) is 0 Å². The first-order chi connectivity index (χ1) is 7.75. The minimum atomic E-state index is 0.373. The van der Waals surface area contributed by atoms with E-state index in [1.165, 1.54) is 19.3 Å². The van der Waals surface area contributed by atoms with Crippen LogP contribution in [0.4, 0.5) is 5.69 Å². The van der Waals surface area contributed by atoms with Crippen LogP contribution in [-0.2, 0) is 4.74 Å². The highest BCUT2D eigenvalue weighted by atomic mass is 79.9. The first-order valence-electron chi connectivity index (χ1n) is 5.69. The largest absolute Gasteiger partial charge is 0.376 e. The van der Waals surface area contributed by atoms with Gasteiger partial charge in [-0.15, -0.1) is 0 Å². The topological polar surface area (TPSA) is 25.4 Å². The van der Waals surface area contributed by atoms with Gasteiger partial charge < -0.3 is 9.64 Å². The van der Waals surface area contributed by atoms with Gasteiger partial charge in [-0.1, -0.05) is 0 Å². The van der Waals surface area contributed by atoms with Crippen LogP contribution in [0.2, 0.25) is 0 Å². The van der Waals surface area contributed by atoms with Crippen molar-refractivity contribution in [2.75, 3.05) is 25.1 Å². The number of anilines is 1. The van der Waals surface area contributed by atoms with E-state index in [4.69, 9.17) is 4.74 Å². The molecule has 1 fully saturated rings. The first-order valence-corrected chi connectivity index (χ1v) is 6.48. The van der Waals surface area contributed by atoms with E-state index in [1.54, 1.807) is 6.20 Å². The van der Waals surface area contributed by atoms with Crippen LogP contribution in [0.3, 0.4) is 0 Å². The predicted molar refractivity (Wildman–Crippen MR) is 68.8 cm³/mol. The minimum absolute atomic E-state index is 0.373. The van der Waals surface area contributed by atoms with E-state index in [-0.39, 0.29) is 0 Å². The fourth-order valence-corrected chi connectivity index (χ4v) is 2.32. The van der Waals surface area contributed by atoms with Crippen LogP contribution in [0.1, 0.15) is 19.3 Å². The summed E-state index contributed by atoms with van der Waals surface area (Å²) in [6.45, 7) is 1.85. The number of rotatable bonds is 3. The second kappa shape index (κ2) is 5.64. The van der Waals surface area contributed by atoms with E-state index < -0.39 is 0 Å². The number of ether oxygens (including phenoxy) is 1. The molecule has 0 N–H and O–H groups in total. The van der Waals surface area contributed by atoms with Crippen LogP contribution < -0.4 is 4.90 Å². The summed E-state index contributed by atoms with van der Waals surface area (Å²) in [5.74, 6) is 0.